The predicted molar refractivity (Wildman–Crippen MR) is 71.5 cm³/mol. The Bertz CT molecular complexity index is 441. The minimum absolute atomic E-state index is 0.0836. The highest BCUT2D eigenvalue weighted by Gasteiger charge is 2.32. The molecule has 1 amide bonds. The maximum absolute atomic E-state index is 12.1. The molecule has 6 heteroatoms. The topological polar surface area (TPSA) is 72.9 Å². The maximum atomic E-state index is 12.1. The van der Waals surface area contributed by atoms with Crippen LogP contribution in [0.2, 0.25) is 0 Å². The third kappa shape index (κ3) is 3.59. The highest BCUT2D eigenvalue weighted by Crippen LogP contribution is 2.34. The summed E-state index contributed by atoms with van der Waals surface area (Å²) in [5.41, 5.74) is 1.16. The summed E-state index contributed by atoms with van der Waals surface area (Å²) in [6.45, 7) is 3.87. The van der Waals surface area contributed by atoms with Crippen molar-refractivity contribution in [3.8, 4) is 0 Å². The Kier molecular flexibility index (Phi) is 5.73. The van der Waals surface area contributed by atoms with Crippen LogP contribution in [0.1, 0.15) is 33.1 Å². The molecule has 6 nitrogen and oxygen atoms in total. The summed E-state index contributed by atoms with van der Waals surface area (Å²) in [6.07, 6.45) is 1.05. The first-order chi connectivity index (χ1) is 9.42. The highest BCUT2D eigenvalue weighted by atomic mass is 16.5. The number of carbonyl (C=O) groups is 3. The van der Waals surface area contributed by atoms with E-state index in [0.29, 0.717) is 17.7 Å². The number of hydrogen-bond acceptors (Lipinski definition) is 5. The Labute approximate surface area is 118 Å². The Hall–Kier alpha value is -1.85. The van der Waals surface area contributed by atoms with Crippen molar-refractivity contribution in [2.24, 2.45) is 5.92 Å². The molecule has 20 heavy (non-hydrogen) atoms. The van der Waals surface area contributed by atoms with Crippen LogP contribution in [0.3, 0.4) is 0 Å². The van der Waals surface area contributed by atoms with E-state index in [4.69, 9.17) is 9.47 Å². The Morgan fingerprint density at radius 1 is 1.35 bits per heavy atom. The monoisotopic (exact) mass is 283 g/mol. The number of hydrogen-bond donors (Lipinski definition) is 0. The van der Waals surface area contributed by atoms with Crippen LogP contribution in [-0.4, -0.2) is 43.5 Å². The van der Waals surface area contributed by atoms with Gasteiger partial charge in [0.25, 0.3) is 0 Å². The van der Waals surface area contributed by atoms with Gasteiger partial charge in [-0.05, 0) is 25.7 Å². The summed E-state index contributed by atoms with van der Waals surface area (Å²) < 4.78 is 9.49. The van der Waals surface area contributed by atoms with Gasteiger partial charge in [0.05, 0.1) is 19.3 Å². The van der Waals surface area contributed by atoms with Crippen LogP contribution in [-0.2, 0) is 23.9 Å². The molecule has 0 bridgehead atoms. The average molecular weight is 283 g/mol. The van der Waals surface area contributed by atoms with E-state index < -0.39 is 11.9 Å². The lowest BCUT2D eigenvalue weighted by atomic mass is 10.1. The number of esters is 2. The van der Waals surface area contributed by atoms with Crippen molar-refractivity contribution < 1.29 is 23.9 Å². The Balaban J connectivity index is 2.87. The van der Waals surface area contributed by atoms with Crippen molar-refractivity contribution in [2.75, 3.05) is 20.8 Å². The van der Waals surface area contributed by atoms with Crippen LogP contribution < -0.4 is 0 Å². The van der Waals surface area contributed by atoms with Crippen LogP contribution in [0.4, 0.5) is 0 Å². The van der Waals surface area contributed by atoms with E-state index in [2.05, 4.69) is 0 Å². The lowest BCUT2D eigenvalue weighted by Gasteiger charge is -2.23. The van der Waals surface area contributed by atoms with Gasteiger partial charge in [0.15, 0.2) is 0 Å². The number of rotatable bonds is 5. The van der Waals surface area contributed by atoms with Crippen molar-refractivity contribution >= 4 is 17.8 Å². The van der Waals surface area contributed by atoms with Gasteiger partial charge in [-0.2, -0.15) is 0 Å². The maximum Gasteiger partial charge on any atom is 0.335 e. The molecule has 0 aliphatic heterocycles. The van der Waals surface area contributed by atoms with Crippen LogP contribution in [0, 0.1) is 5.92 Å². The molecule has 0 heterocycles. The standard InChI is InChI=1S/C14H21NO5/c1-5-20-12(17)8-11(16)15(3)13-9(2)6-7-10(13)14(18)19-4/h9H,5-8H2,1-4H3. The summed E-state index contributed by atoms with van der Waals surface area (Å²) in [4.78, 5) is 36.5. The van der Waals surface area contributed by atoms with Gasteiger partial charge >= 0.3 is 11.9 Å². The molecule has 0 spiro atoms. The molecule has 1 atom stereocenters. The van der Waals surface area contributed by atoms with E-state index in [0.717, 1.165) is 6.42 Å². The number of allylic oxidation sites excluding steroid dienone is 1. The minimum atomic E-state index is -0.560. The molecule has 1 unspecified atom stereocenters. The van der Waals surface area contributed by atoms with E-state index in [1.54, 1.807) is 14.0 Å². The zero-order valence-corrected chi connectivity index (χ0v) is 12.4. The van der Waals surface area contributed by atoms with Gasteiger partial charge in [-0.25, -0.2) is 4.79 Å². The van der Waals surface area contributed by atoms with Crippen LogP contribution in [0.5, 0.6) is 0 Å². The van der Waals surface area contributed by atoms with Gasteiger partial charge in [-0.1, -0.05) is 6.92 Å². The molecule has 0 aromatic rings. The van der Waals surface area contributed by atoms with Crippen LogP contribution in [0.15, 0.2) is 11.3 Å². The third-order valence-electron chi connectivity index (χ3n) is 3.37. The highest BCUT2D eigenvalue weighted by molar-refractivity contribution is 5.96. The van der Waals surface area contributed by atoms with Crippen LogP contribution in [0.25, 0.3) is 0 Å². The normalized spacial score (nSPS) is 17.9. The van der Waals surface area contributed by atoms with Gasteiger partial charge in [0.2, 0.25) is 5.91 Å². The summed E-state index contributed by atoms with van der Waals surface area (Å²) in [5.74, 6) is -1.27. The zero-order valence-electron chi connectivity index (χ0n) is 12.4. The van der Waals surface area contributed by atoms with E-state index in [9.17, 15) is 14.4 Å². The molecule has 0 fully saturated rings. The first kappa shape index (κ1) is 16.2. The quantitative estimate of drug-likeness (QED) is 0.561. The number of ether oxygens (including phenoxy) is 2. The Morgan fingerprint density at radius 3 is 2.55 bits per heavy atom. The lowest BCUT2D eigenvalue weighted by Crippen LogP contribution is -2.31. The smallest absolute Gasteiger partial charge is 0.335 e. The minimum Gasteiger partial charge on any atom is -0.466 e. The first-order valence-corrected chi connectivity index (χ1v) is 6.65. The lowest BCUT2D eigenvalue weighted by molar-refractivity contribution is -0.147. The van der Waals surface area contributed by atoms with E-state index in [1.807, 2.05) is 6.92 Å². The molecular formula is C14H21NO5. The molecule has 0 saturated carbocycles. The number of amides is 1. The van der Waals surface area contributed by atoms with E-state index in [1.165, 1.54) is 12.0 Å². The molecule has 0 aromatic heterocycles. The number of carbonyl (C=O) groups excluding carboxylic acids is 3. The van der Waals surface area contributed by atoms with Gasteiger partial charge in [-0.15, -0.1) is 0 Å². The van der Waals surface area contributed by atoms with E-state index >= 15 is 0 Å². The SMILES string of the molecule is CCOC(=O)CC(=O)N(C)C1=C(C(=O)OC)CCC1C. The zero-order chi connectivity index (χ0) is 15.3. The molecule has 0 N–H and O–H groups in total. The van der Waals surface area contributed by atoms with Crippen molar-refractivity contribution in [2.45, 2.75) is 33.1 Å². The molecule has 0 aromatic carbocycles. The fourth-order valence-corrected chi connectivity index (χ4v) is 2.37. The fraction of sp³-hybridized carbons (Fsp3) is 0.643. The number of methoxy groups -OCH3 is 1. The van der Waals surface area contributed by atoms with Crippen LogP contribution >= 0.6 is 0 Å². The predicted octanol–water partition coefficient (Wildman–Crippen LogP) is 1.25. The van der Waals surface area contributed by atoms with Gasteiger partial charge in [-0.3, -0.25) is 9.59 Å². The first-order valence-electron chi connectivity index (χ1n) is 6.65. The average Bonchev–Trinajstić information content (AvgIpc) is 2.79. The molecule has 0 saturated heterocycles. The van der Waals surface area contributed by atoms with Crippen molar-refractivity contribution in [1.82, 2.24) is 4.90 Å². The second-order valence-electron chi connectivity index (χ2n) is 4.73. The molecular weight excluding hydrogens is 262 g/mol. The largest absolute Gasteiger partial charge is 0.466 e. The van der Waals surface area contributed by atoms with Crippen molar-refractivity contribution in [1.29, 1.82) is 0 Å². The molecule has 1 rings (SSSR count). The molecule has 0 radical (unpaired) electrons. The van der Waals surface area contributed by atoms with Gasteiger partial charge in [0, 0.05) is 12.7 Å². The molecule has 1 aliphatic carbocycles. The van der Waals surface area contributed by atoms with Gasteiger partial charge < -0.3 is 14.4 Å². The summed E-state index contributed by atoms with van der Waals surface area (Å²) in [6, 6.07) is 0. The second kappa shape index (κ2) is 7.07. The number of nitrogens with zero attached hydrogens (tertiary/aromatic N) is 1. The molecule has 1 aliphatic rings. The Morgan fingerprint density at radius 2 is 2.00 bits per heavy atom. The van der Waals surface area contributed by atoms with Gasteiger partial charge in [0.1, 0.15) is 6.42 Å². The second-order valence-corrected chi connectivity index (χ2v) is 4.73. The summed E-state index contributed by atoms with van der Waals surface area (Å²) in [7, 11) is 2.89. The summed E-state index contributed by atoms with van der Waals surface area (Å²) >= 11 is 0. The molecule has 112 valence electrons. The summed E-state index contributed by atoms with van der Waals surface area (Å²) in [5, 5.41) is 0. The van der Waals surface area contributed by atoms with E-state index in [-0.39, 0.29) is 24.9 Å². The third-order valence-corrected chi connectivity index (χ3v) is 3.37. The van der Waals surface area contributed by atoms with Crippen molar-refractivity contribution in [3.63, 3.8) is 0 Å². The van der Waals surface area contributed by atoms with Crippen molar-refractivity contribution in [3.05, 3.63) is 11.3 Å². The fourth-order valence-electron chi connectivity index (χ4n) is 2.37.